The van der Waals surface area contributed by atoms with Crippen LogP contribution in [0.1, 0.15) is 18.0 Å². The molecule has 0 aromatic heterocycles. The van der Waals surface area contributed by atoms with E-state index >= 15 is 0 Å². The van der Waals surface area contributed by atoms with E-state index in [9.17, 15) is 17.2 Å². The molecule has 1 heterocycles. The molecule has 1 aliphatic heterocycles. The van der Waals surface area contributed by atoms with Gasteiger partial charge in [-0.25, -0.2) is 21.9 Å². The fourth-order valence-electron chi connectivity index (χ4n) is 2.36. The second-order valence-corrected chi connectivity index (χ2v) is 7.80. The van der Waals surface area contributed by atoms with Gasteiger partial charge in [-0.2, -0.15) is 0 Å². The molecule has 0 radical (unpaired) electrons. The standard InChI is InChI=1S/C15H13F2NO2S2/c16-10-1-4-12(5-2-10)22(19,20)18-14-7-8-21-15-6-3-11(17)9-13(14)15/h1-6,9,14,18H,7-8H2/t14-/m1/s1. The fourth-order valence-corrected chi connectivity index (χ4v) is 4.71. The highest BCUT2D eigenvalue weighted by Gasteiger charge is 2.26. The molecule has 0 spiro atoms. The maximum absolute atomic E-state index is 13.4. The van der Waals surface area contributed by atoms with E-state index in [1.165, 1.54) is 24.3 Å². The van der Waals surface area contributed by atoms with Crippen LogP contribution in [0.4, 0.5) is 8.78 Å². The Balaban J connectivity index is 1.91. The van der Waals surface area contributed by atoms with Crippen molar-refractivity contribution in [1.82, 2.24) is 4.72 Å². The van der Waals surface area contributed by atoms with Gasteiger partial charge in [-0.1, -0.05) is 0 Å². The van der Waals surface area contributed by atoms with E-state index in [1.807, 2.05) is 0 Å². The summed E-state index contributed by atoms with van der Waals surface area (Å²) in [6.45, 7) is 0. The Hall–Kier alpha value is -1.44. The first-order valence-corrected chi connectivity index (χ1v) is 9.13. The highest BCUT2D eigenvalue weighted by atomic mass is 32.2. The zero-order valence-corrected chi connectivity index (χ0v) is 13.1. The summed E-state index contributed by atoms with van der Waals surface area (Å²) in [5.41, 5.74) is 0.641. The predicted octanol–water partition coefficient (Wildman–Crippen LogP) is 3.48. The van der Waals surface area contributed by atoms with Gasteiger partial charge < -0.3 is 0 Å². The Labute approximate surface area is 131 Å². The van der Waals surface area contributed by atoms with Crippen LogP contribution in [0.2, 0.25) is 0 Å². The second kappa shape index (κ2) is 5.98. The highest BCUT2D eigenvalue weighted by Crippen LogP contribution is 2.37. The summed E-state index contributed by atoms with van der Waals surface area (Å²) >= 11 is 1.57. The largest absolute Gasteiger partial charge is 0.241 e. The van der Waals surface area contributed by atoms with Crippen molar-refractivity contribution in [2.45, 2.75) is 22.3 Å². The lowest BCUT2D eigenvalue weighted by Gasteiger charge is -2.25. The Morgan fingerprint density at radius 3 is 2.45 bits per heavy atom. The number of sulfonamides is 1. The highest BCUT2D eigenvalue weighted by molar-refractivity contribution is 7.99. The normalized spacial score (nSPS) is 18.0. The van der Waals surface area contributed by atoms with Crippen LogP contribution in [-0.4, -0.2) is 14.2 Å². The summed E-state index contributed by atoms with van der Waals surface area (Å²) in [5.74, 6) is -0.150. The summed E-state index contributed by atoms with van der Waals surface area (Å²) < 4.78 is 53.7. The van der Waals surface area contributed by atoms with E-state index in [0.29, 0.717) is 12.0 Å². The van der Waals surface area contributed by atoms with Crippen LogP contribution >= 0.6 is 11.8 Å². The Morgan fingerprint density at radius 1 is 1.05 bits per heavy atom. The van der Waals surface area contributed by atoms with Crippen LogP contribution in [-0.2, 0) is 10.0 Å². The monoisotopic (exact) mass is 341 g/mol. The zero-order valence-electron chi connectivity index (χ0n) is 11.4. The third kappa shape index (κ3) is 3.16. The summed E-state index contributed by atoms with van der Waals surface area (Å²) in [6, 6.07) is 8.51. The number of fused-ring (bicyclic) bond motifs is 1. The minimum Gasteiger partial charge on any atom is -0.207 e. The molecule has 1 N–H and O–H groups in total. The number of hydrogen-bond acceptors (Lipinski definition) is 3. The van der Waals surface area contributed by atoms with Crippen molar-refractivity contribution >= 4 is 21.8 Å². The van der Waals surface area contributed by atoms with Gasteiger partial charge in [0.2, 0.25) is 10.0 Å². The molecule has 1 aliphatic rings. The van der Waals surface area contributed by atoms with Crippen LogP contribution in [0.15, 0.2) is 52.3 Å². The number of benzene rings is 2. The Morgan fingerprint density at radius 2 is 1.73 bits per heavy atom. The summed E-state index contributed by atoms with van der Waals surface area (Å²) in [6.07, 6.45) is 0.571. The lowest BCUT2D eigenvalue weighted by molar-refractivity contribution is 0.541. The van der Waals surface area contributed by atoms with Gasteiger partial charge in [0.1, 0.15) is 11.6 Å². The van der Waals surface area contributed by atoms with Crippen molar-refractivity contribution in [3.63, 3.8) is 0 Å². The summed E-state index contributed by atoms with van der Waals surface area (Å²) in [5, 5.41) is 0. The molecule has 0 saturated carbocycles. The minimum atomic E-state index is -3.78. The minimum absolute atomic E-state index is 0.00919. The molecular weight excluding hydrogens is 328 g/mol. The molecule has 3 rings (SSSR count). The molecule has 0 aliphatic carbocycles. The van der Waals surface area contributed by atoms with Crippen LogP contribution in [0.25, 0.3) is 0 Å². The smallest absolute Gasteiger partial charge is 0.207 e. The number of halogens is 2. The molecule has 0 fully saturated rings. The zero-order chi connectivity index (χ0) is 15.7. The van der Waals surface area contributed by atoms with E-state index in [2.05, 4.69) is 4.72 Å². The van der Waals surface area contributed by atoms with E-state index in [0.717, 1.165) is 22.8 Å². The lowest BCUT2D eigenvalue weighted by Crippen LogP contribution is -2.30. The van der Waals surface area contributed by atoms with Gasteiger partial charge in [-0.05, 0) is 60.2 Å². The summed E-state index contributed by atoms with van der Waals surface area (Å²) in [7, 11) is -3.78. The molecule has 0 amide bonds. The van der Waals surface area contributed by atoms with E-state index in [4.69, 9.17) is 0 Å². The fraction of sp³-hybridized carbons (Fsp3) is 0.200. The molecule has 7 heteroatoms. The maximum Gasteiger partial charge on any atom is 0.241 e. The van der Waals surface area contributed by atoms with E-state index in [1.54, 1.807) is 17.8 Å². The molecule has 0 saturated heterocycles. The molecule has 22 heavy (non-hydrogen) atoms. The first kappa shape index (κ1) is 15.5. The van der Waals surface area contributed by atoms with Crippen molar-refractivity contribution in [3.05, 3.63) is 59.7 Å². The van der Waals surface area contributed by atoms with Gasteiger partial charge in [0.15, 0.2) is 0 Å². The summed E-state index contributed by atoms with van der Waals surface area (Å²) in [4.78, 5) is 0.865. The van der Waals surface area contributed by atoms with Crippen LogP contribution in [0, 0.1) is 11.6 Å². The molecular formula is C15H13F2NO2S2. The Bertz CT molecular complexity index is 792. The van der Waals surface area contributed by atoms with Gasteiger partial charge in [-0.3, -0.25) is 0 Å². The maximum atomic E-state index is 13.4. The van der Waals surface area contributed by atoms with Crippen molar-refractivity contribution in [2.75, 3.05) is 5.75 Å². The average Bonchev–Trinajstić information content (AvgIpc) is 2.48. The predicted molar refractivity (Wildman–Crippen MR) is 81.2 cm³/mol. The lowest BCUT2D eigenvalue weighted by atomic mass is 10.0. The number of rotatable bonds is 3. The average molecular weight is 341 g/mol. The quantitative estimate of drug-likeness (QED) is 0.930. The van der Waals surface area contributed by atoms with Crippen molar-refractivity contribution in [3.8, 4) is 0 Å². The molecule has 0 bridgehead atoms. The van der Waals surface area contributed by atoms with Gasteiger partial charge in [0.05, 0.1) is 4.90 Å². The van der Waals surface area contributed by atoms with Gasteiger partial charge in [-0.15, -0.1) is 11.8 Å². The number of hydrogen-bond donors (Lipinski definition) is 1. The molecule has 2 aromatic rings. The van der Waals surface area contributed by atoms with Gasteiger partial charge >= 0.3 is 0 Å². The van der Waals surface area contributed by atoms with Crippen LogP contribution < -0.4 is 4.72 Å². The van der Waals surface area contributed by atoms with Gasteiger partial charge in [0.25, 0.3) is 0 Å². The van der Waals surface area contributed by atoms with Crippen molar-refractivity contribution in [2.24, 2.45) is 0 Å². The number of nitrogens with one attached hydrogen (secondary N) is 1. The SMILES string of the molecule is O=S(=O)(N[C@@H]1CCSc2ccc(F)cc21)c1ccc(F)cc1. The van der Waals surface area contributed by atoms with E-state index in [-0.39, 0.29) is 4.90 Å². The Kier molecular flexibility index (Phi) is 4.20. The van der Waals surface area contributed by atoms with Crippen molar-refractivity contribution < 1.29 is 17.2 Å². The molecule has 0 unspecified atom stereocenters. The molecule has 3 nitrogen and oxygen atoms in total. The first-order chi connectivity index (χ1) is 10.5. The number of thioether (sulfide) groups is 1. The molecule has 1 atom stereocenters. The topological polar surface area (TPSA) is 46.2 Å². The third-order valence-corrected chi connectivity index (χ3v) is 6.04. The third-order valence-electron chi connectivity index (χ3n) is 3.43. The second-order valence-electron chi connectivity index (χ2n) is 4.95. The van der Waals surface area contributed by atoms with Gasteiger partial charge in [0, 0.05) is 10.9 Å². The van der Waals surface area contributed by atoms with Crippen molar-refractivity contribution in [1.29, 1.82) is 0 Å². The first-order valence-electron chi connectivity index (χ1n) is 6.66. The molecule has 116 valence electrons. The van der Waals surface area contributed by atoms with E-state index < -0.39 is 27.7 Å². The van der Waals surface area contributed by atoms with Crippen LogP contribution in [0.3, 0.4) is 0 Å². The molecule has 2 aromatic carbocycles. The van der Waals surface area contributed by atoms with Crippen LogP contribution in [0.5, 0.6) is 0 Å².